The third-order valence-corrected chi connectivity index (χ3v) is 3.77. The second-order valence-corrected chi connectivity index (χ2v) is 5.88. The molecular weight excluding hydrogens is 376 g/mol. The second kappa shape index (κ2) is 10.7. The number of rotatable bonds is 8. The molecule has 8 nitrogen and oxygen atoms in total. The second-order valence-electron chi connectivity index (χ2n) is 5.88. The molecule has 2 rings (SSSR count). The highest BCUT2D eigenvalue weighted by Crippen LogP contribution is 2.28. The number of carbonyl (C=O) groups is 3. The lowest BCUT2D eigenvalue weighted by Crippen LogP contribution is -2.46. The van der Waals surface area contributed by atoms with Gasteiger partial charge in [-0.15, -0.1) is 0 Å². The van der Waals surface area contributed by atoms with Crippen molar-refractivity contribution in [2.75, 3.05) is 13.2 Å². The summed E-state index contributed by atoms with van der Waals surface area (Å²) in [5.41, 5.74) is 5.11. The van der Waals surface area contributed by atoms with Gasteiger partial charge in [-0.1, -0.05) is 18.2 Å². The van der Waals surface area contributed by atoms with E-state index in [9.17, 15) is 14.4 Å². The van der Waals surface area contributed by atoms with Gasteiger partial charge in [0.1, 0.15) is 0 Å². The van der Waals surface area contributed by atoms with E-state index in [2.05, 4.69) is 10.9 Å². The van der Waals surface area contributed by atoms with Gasteiger partial charge in [0.2, 0.25) is 0 Å². The number of hydrogen-bond donors (Lipinski definition) is 2. The van der Waals surface area contributed by atoms with Crippen molar-refractivity contribution in [1.82, 2.24) is 10.9 Å². The van der Waals surface area contributed by atoms with E-state index in [0.29, 0.717) is 30.3 Å². The predicted molar refractivity (Wildman–Crippen MR) is 106 cm³/mol. The molecule has 0 saturated carbocycles. The molecule has 0 aromatic heterocycles. The molecule has 29 heavy (non-hydrogen) atoms. The van der Waals surface area contributed by atoms with Gasteiger partial charge in [-0.3, -0.25) is 20.4 Å². The van der Waals surface area contributed by atoms with Crippen LogP contribution in [-0.2, 0) is 9.53 Å². The minimum absolute atomic E-state index is 0.213. The van der Waals surface area contributed by atoms with Crippen LogP contribution in [0, 0.1) is 0 Å². The average molecular weight is 400 g/mol. The number of carbonyl (C=O) groups excluding carboxylic acids is 3. The largest absolute Gasteiger partial charge is 0.490 e. The topological polar surface area (TPSA) is 103 Å². The van der Waals surface area contributed by atoms with Crippen molar-refractivity contribution >= 4 is 17.8 Å². The molecule has 8 heteroatoms. The van der Waals surface area contributed by atoms with Crippen molar-refractivity contribution in [2.24, 2.45) is 0 Å². The fraction of sp³-hybridized carbons (Fsp3) is 0.286. The predicted octanol–water partition coefficient (Wildman–Crippen LogP) is 2.49. The van der Waals surface area contributed by atoms with Crippen molar-refractivity contribution in [3.05, 3.63) is 59.7 Å². The number of nitrogens with one attached hydrogen (secondary N) is 2. The standard InChI is InChI=1S/C21H24N2O6/c1-4-27-17-12-11-16(13-18(17)28-5-2)21(26)29-14(3)19(24)22-23-20(25)15-9-7-6-8-10-15/h6-14H,4-5H2,1-3H3,(H,22,24)(H,23,25)/t14-/m0/s1. The van der Waals surface area contributed by atoms with Crippen molar-refractivity contribution in [3.63, 3.8) is 0 Å². The molecule has 2 aromatic carbocycles. The molecule has 2 N–H and O–H groups in total. The first-order valence-corrected chi connectivity index (χ1v) is 9.22. The molecule has 0 spiro atoms. The molecule has 2 amide bonds. The van der Waals surface area contributed by atoms with E-state index in [0.717, 1.165) is 0 Å². The van der Waals surface area contributed by atoms with E-state index in [-0.39, 0.29) is 5.56 Å². The summed E-state index contributed by atoms with van der Waals surface area (Å²) in [6, 6.07) is 13.0. The Morgan fingerprint density at radius 1 is 0.862 bits per heavy atom. The quantitative estimate of drug-likeness (QED) is 0.521. The summed E-state index contributed by atoms with van der Waals surface area (Å²) < 4.78 is 16.1. The number of benzene rings is 2. The summed E-state index contributed by atoms with van der Waals surface area (Å²) in [6.07, 6.45) is -1.12. The van der Waals surface area contributed by atoms with Gasteiger partial charge >= 0.3 is 5.97 Å². The molecule has 1 atom stereocenters. The normalized spacial score (nSPS) is 11.1. The highest BCUT2D eigenvalue weighted by molar-refractivity contribution is 5.96. The Bertz CT molecular complexity index is 854. The first kappa shape index (κ1) is 21.7. The molecule has 0 radical (unpaired) electrons. The Morgan fingerprint density at radius 2 is 1.52 bits per heavy atom. The number of amides is 2. The van der Waals surface area contributed by atoms with E-state index < -0.39 is 23.9 Å². The smallest absolute Gasteiger partial charge is 0.339 e. The van der Waals surface area contributed by atoms with E-state index in [4.69, 9.17) is 14.2 Å². The molecule has 154 valence electrons. The fourth-order valence-electron chi connectivity index (χ4n) is 2.34. The minimum atomic E-state index is -1.12. The monoisotopic (exact) mass is 400 g/mol. The van der Waals surface area contributed by atoms with Crippen molar-refractivity contribution in [1.29, 1.82) is 0 Å². The van der Waals surface area contributed by atoms with Gasteiger partial charge in [0.15, 0.2) is 17.6 Å². The number of hydrogen-bond acceptors (Lipinski definition) is 6. The molecule has 0 heterocycles. The van der Waals surface area contributed by atoms with Crippen LogP contribution in [0.1, 0.15) is 41.5 Å². The highest BCUT2D eigenvalue weighted by atomic mass is 16.5. The van der Waals surface area contributed by atoms with Gasteiger partial charge in [-0.25, -0.2) is 4.79 Å². The van der Waals surface area contributed by atoms with Gasteiger partial charge in [-0.05, 0) is 51.1 Å². The van der Waals surface area contributed by atoms with Crippen LogP contribution in [0.3, 0.4) is 0 Å². The van der Waals surface area contributed by atoms with Gasteiger partial charge in [-0.2, -0.15) is 0 Å². The van der Waals surface area contributed by atoms with Gasteiger partial charge in [0.25, 0.3) is 11.8 Å². The molecular formula is C21H24N2O6. The Hall–Kier alpha value is -3.55. The summed E-state index contributed by atoms with van der Waals surface area (Å²) in [5.74, 6) is -0.925. The maximum absolute atomic E-state index is 12.4. The molecule has 0 bridgehead atoms. The Kier molecular flexibility index (Phi) is 8.02. The molecule has 0 aliphatic heterocycles. The van der Waals surface area contributed by atoms with E-state index in [1.807, 2.05) is 13.8 Å². The van der Waals surface area contributed by atoms with E-state index in [1.165, 1.54) is 19.1 Å². The first-order chi connectivity index (χ1) is 14.0. The van der Waals surface area contributed by atoms with E-state index in [1.54, 1.807) is 36.4 Å². The summed E-state index contributed by atoms with van der Waals surface area (Å²) in [5, 5.41) is 0. The number of ether oxygens (including phenoxy) is 3. The van der Waals surface area contributed by atoms with Gasteiger partial charge in [0.05, 0.1) is 18.8 Å². The summed E-state index contributed by atoms with van der Waals surface area (Å²) >= 11 is 0. The van der Waals surface area contributed by atoms with Gasteiger partial charge < -0.3 is 14.2 Å². The van der Waals surface area contributed by atoms with Crippen LogP contribution >= 0.6 is 0 Å². The van der Waals surface area contributed by atoms with Crippen LogP contribution in [-0.4, -0.2) is 37.1 Å². The molecule has 0 aliphatic carbocycles. The zero-order valence-corrected chi connectivity index (χ0v) is 16.6. The van der Waals surface area contributed by atoms with Crippen LogP contribution < -0.4 is 20.3 Å². The molecule has 0 fully saturated rings. The Morgan fingerprint density at radius 3 is 2.17 bits per heavy atom. The summed E-state index contributed by atoms with van der Waals surface area (Å²) in [7, 11) is 0. The van der Waals surface area contributed by atoms with Crippen LogP contribution in [0.15, 0.2) is 48.5 Å². The average Bonchev–Trinajstić information content (AvgIpc) is 2.73. The summed E-state index contributed by atoms with van der Waals surface area (Å²) in [4.78, 5) is 36.4. The zero-order valence-electron chi connectivity index (χ0n) is 16.6. The maximum Gasteiger partial charge on any atom is 0.339 e. The maximum atomic E-state index is 12.4. The highest BCUT2D eigenvalue weighted by Gasteiger charge is 2.21. The molecule has 0 saturated heterocycles. The SMILES string of the molecule is CCOc1ccc(C(=O)O[C@@H](C)C(=O)NNC(=O)c2ccccc2)cc1OCC. The third kappa shape index (κ3) is 6.24. The zero-order chi connectivity index (χ0) is 21.2. The van der Waals surface area contributed by atoms with Crippen LogP contribution in [0.25, 0.3) is 0 Å². The summed E-state index contributed by atoms with van der Waals surface area (Å²) in [6.45, 7) is 5.92. The lowest BCUT2D eigenvalue weighted by molar-refractivity contribution is -0.129. The van der Waals surface area contributed by atoms with Crippen LogP contribution in [0.4, 0.5) is 0 Å². The Balaban J connectivity index is 1.94. The number of esters is 1. The lowest BCUT2D eigenvalue weighted by Gasteiger charge is -2.15. The van der Waals surface area contributed by atoms with Gasteiger partial charge in [0, 0.05) is 5.56 Å². The van der Waals surface area contributed by atoms with Crippen LogP contribution in [0.2, 0.25) is 0 Å². The third-order valence-electron chi connectivity index (χ3n) is 3.77. The fourth-order valence-corrected chi connectivity index (χ4v) is 2.34. The number of hydrazine groups is 1. The van der Waals surface area contributed by atoms with Crippen molar-refractivity contribution < 1.29 is 28.6 Å². The molecule has 0 aliphatic rings. The lowest BCUT2D eigenvalue weighted by atomic mass is 10.2. The van der Waals surface area contributed by atoms with Crippen molar-refractivity contribution in [2.45, 2.75) is 26.9 Å². The molecule has 0 unspecified atom stereocenters. The minimum Gasteiger partial charge on any atom is -0.490 e. The van der Waals surface area contributed by atoms with Crippen molar-refractivity contribution in [3.8, 4) is 11.5 Å². The Labute approximate surface area is 169 Å². The van der Waals surface area contributed by atoms with Crippen LogP contribution in [0.5, 0.6) is 11.5 Å². The first-order valence-electron chi connectivity index (χ1n) is 9.22. The van der Waals surface area contributed by atoms with E-state index >= 15 is 0 Å². The molecule has 2 aromatic rings.